The number of piperidine rings is 1. The summed E-state index contributed by atoms with van der Waals surface area (Å²) in [5.41, 5.74) is 4.96. The first-order valence-electron chi connectivity index (χ1n) is 4.90. The monoisotopic (exact) mass is 186 g/mol. The van der Waals surface area contributed by atoms with Gasteiger partial charge in [-0.3, -0.25) is 4.90 Å². The van der Waals surface area contributed by atoms with Gasteiger partial charge < -0.3 is 10.5 Å². The van der Waals surface area contributed by atoms with Gasteiger partial charge in [0.25, 0.3) is 0 Å². The highest BCUT2D eigenvalue weighted by atomic mass is 16.6. The molecule has 1 fully saturated rings. The molecule has 1 heterocycles. The Balaban J connectivity index is 2.28. The second kappa shape index (κ2) is 5.07. The van der Waals surface area contributed by atoms with Gasteiger partial charge >= 0.3 is 6.09 Å². The number of amides is 1. The SMILES string of the molecule is CCCN1CCC[C@@H](OC(N)=O)C1. The van der Waals surface area contributed by atoms with Gasteiger partial charge in [-0.15, -0.1) is 0 Å². The number of primary amides is 1. The minimum Gasteiger partial charge on any atom is -0.445 e. The lowest BCUT2D eigenvalue weighted by molar-refractivity contribution is 0.0475. The van der Waals surface area contributed by atoms with Crippen molar-refractivity contribution in [2.45, 2.75) is 32.3 Å². The smallest absolute Gasteiger partial charge is 0.404 e. The summed E-state index contributed by atoms with van der Waals surface area (Å²) in [6.45, 7) is 5.19. The molecule has 0 aromatic carbocycles. The zero-order valence-corrected chi connectivity index (χ0v) is 8.16. The predicted octanol–water partition coefficient (Wildman–Crippen LogP) is 0.956. The van der Waals surface area contributed by atoms with Crippen LogP contribution in [0.15, 0.2) is 0 Å². The summed E-state index contributed by atoms with van der Waals surface area (Å²) in [6, 6.07) is 0. The Morgan fingerprint density at radius 1 is 1.69 bits per heavy atom. The topological polar surface area (TPSA) is 55.6 Å². The largest absolute Gasteiger partial charge is 0.445 e. The second-order valence-corrected chi connectivity index (χ2v) is 3.50. The van der Waals surface area contributed by atoms with Crippen LogP contribution in [0.2, 0.25) is 0 Å². The first-order chi connectivity index (χ1) is 6.22. The molecule has 1 amide bonds. The molecule has 1 rings (SSSR count). The average Bonchev–Trinajstić information content (AvgIpc) is 2.04. The number of ether oxygens (including phenoxy) is 1. The van der Waals surface area contributed by atoms with Gasteiger partial charge in [-0.25, -0.2) is 4.79 Å². The van der Waals surface area contributed by atoms with Crippen molar-refractivity contribution in [3.8, 4) is 0 Å². The van der Waals surface area contributed by atoms with Gasteiger partial charge in [0.1, 0.15) is 6.10 Å². The van der Waals surface area contributed by atoms with E-state index in [1.54, 1.807) is 0 Å². The van der Waals surface area contributed by atoms with E-state index in [1.165, 1.54) is 0 Å². The van der Waals surface area contributed by atoms with Crippen molar-refractivity contribution in [3.63, 3.8) is 0 Å². The molecule has 0 aromatic heterocycles. The number of likely N-dealkylation sites (tertiary alicyclic amines) is 1. The molecule has 4 nitrogen and oxygen atoms in total. The highest BCUT2D eigenvalue weighted by Gasteiger charge is 2.21. The Labute approximate surface area is 79.0 Å². The number of nitrogens with zero attached hydrogens (tertiary/aromatic N) is 1. The number of hydrogen-bond donors (Lipinski definition) is 1. The van der Waals surface area contributed by atoms with E-state index in [0.29, 0.717) is 0 Å². The molecule has 1 aliphatic heterocycles. The number of rotatable bonds is 3. The fourth-order valence-corrected chi connectivity index (χ4v) is 1.79. The molecule has 1 aliphatic rings. The van der Waals surface area contributed by atoms with Gasteiger partial charge in [0.15, 0.2) is 0 Å². The summed E-state index contributed by atoms with van der Waals surface area (Å²) in [7, 11) is 0. The van der Waals surface area contributed by atoms with Crippen molar-refractivity contribution in [2.75, 3.05) is 19.6 Å². The van der Waals surface area contributed by atoms with Gasteiger partial charge in [-0.05, 0) is 32.4 Å². The number of carbonyl (C=O) groups excluding carboxylic acids is 1. The second-order valence-electron chi connectivity index (χ2n) is 3.50. The van der Waals surface area contributed by atoms with Crippen molar-refractivity contribution < 1.29 is 9.53 Å². The summed E-state index contributed by atoms with van der Waals surface area (Å²) in [5, 5.41) is 0. The number of nitrogens with two attached hydrogens (primary N) is 1. The van der Waals surface area contributed by atoms with Crippen molar-refractivity contribution in [2.24, 2.45) is 5.73 Å². The minimum atomic E-state index is -0.650. The molecule has 2 N–H and O–H groups in total. The lowest BCUT2D eigenvalue weighted by Gasteiger charge is -2.31. The standard InChI is InChI=1S/C9H18N2O2/c1-2-5-11-6-3-4-8(7-11)13-9(10)12/h8H,2-7H2,1H3,(H2,10,12)/t8-/m1/s1. The first kappa shape index (κ1) is 10.3. The molecule has 1 saturated heterocycles. The molecule has 0 unspecified atom stereocenters. The van der Waals surface area contributed by atoms with E-state index in [2.05, 4.69) is 11.8 Å². The van der Waals surface area contributed by atoms with Crippen LogP contribution in [0.25, 0.3) is 0 Å². The maximum Gasteiger partial charge on any atom is 0.404 e. The highest BCUT2D eigenvalue weighted by Crippen LogP contribution is 2.13. The normalized spacial score (nSPS) is 24.2. The van der Waals surface area contributed by atoms with E-state index in [-0.39, 0.29) is 6.10 Å². The molecular weight excluding hydrogens is 168 g/mol. The summed E-state index contributed by atoms with van der Waals surface area (Å²) in [4.78, 5) is 12.8. The zero-order chi connectivity index (χ0) is 9.68. The van der Waals surface area contributed by atoms with Gasteiger partial charge in [0.2, 0.25) is 0 Å². The Morgan fingerprint density at radius 2 is 2.46 bits per heavy atom. The van der Waals surface area contributed by atoms with Crippen LogP contribution in [0.4, 0.5) is 4.79 Å². The lowest BCUT2D eigenvalue weighted by atomic mass is 10.1. The van der Waals surface area contributed by atoms with Crippen molar-refractivity contribution >= 4 is 6.09 Å². The van der Waals surface area contributed by atoms with E-state index >= 15 is 0 Å². The molecule has 0 spiro atoms. The van der Waals surface area contributed by atoms with Gasteiger partial charge in [-0.2, -0.15) is 0 Å². The van der Waals surface area contributed by atoms with Crippen LogP contribution in [-0.4, -0.2) is 36.7 Å². The van der Waals surface area contributed by atoms with Crippen LogP contribution in [0, 0.1) is 0 Å². The minimum absolute atomic E-state index is 0.0119. The van der Waals surface area contributed by atoms with Crippen LogP contribution in [-0.2, 0) is 4.74 Å². The lowest BCUT2D eigenvalue weighted by Crippen LogP contribution is -2.41. The van der Waals surface area contributed by atoms with E-state index in [4.69, 9.17) is 10.5 Å². The summed E-state index contributed by atoms with van der Waals surface area (Å²) < 4.78 is 4.96. The maximum atomic E-state index is 10.5. The molecule has 0 saturated carbocycles. The predicted molar refractivity (Wildman–Crippen MR) is 50.4 cm³/mol. The maximum absolute atomic E-state index is 10.5. The molecule has 76 valence electrons. The van der Waals surface area contributed by atoms with Crippen molar-refractivity contribution in [3.05, 3.63) is 0 Å². The van der Waals surface area contributed by atoms with Crippen molar-refractivity contribution in [1.29, 1.82) is 0 Å². The van der Waals surface area contributed by atoms with Crippen LogP contribution >= 0.6 is 0 Å². The summed E-state index contributed by atoms with van der Waals surface area (Å²) >= 11 is 0. The fraction of sp³-hybridized carbons (Fsp3) is 0.889. The Morgan fingerprint density at radius 3 is 3.08 bits per heavy atom. The quantitative estimate of drug-likeness (QED) is 0.714. The molecular formula is C9H18N2O2. The molecule has 4 heteroatoms. The molecule has 13 heavy (non-hydrogen) atoms. The fourth-order valence-electron chi connectivity index (χ4n) is 1.79. The Bertz CT molecular complexity index is 171. The zero-order valence-electron chi connectivity index (χ0n) is 8.16. The molecule has 0 radical (unpaired) electrons. The first-order valence-corrected chi connectivity index (χ1v) is 4.90. The summed E-state index contributed by atoms with van der Waals surface area (Å²) in [6.07, 6.45) is 2.55. The van der Waals surface area contributed by atoms with Crippen LogP contribution in [0.3, 0.4) is 0 Å². The average molecular weight is 186 g/mol. The van der Waals surface area contributed by atoms with Crippen LogP contribution < -0.4 is 5.73 Å². The third-order valence-electron chi connectivity index (χ3n) is 2.28. The van der Waals surface area contributed by atoms with Crippen molar-refractivity contribution in [1.82, 2.24) is 4.90 Å². The Hall–Kier alpha value is -0.770. The van der Waals surface area contributed by atoms with Gasteiger partial charge in [0.05, 0.1) is 0 Å². The van der Waals surface area contributed by atoms with Gasteiger partial charge in [0, 0.05) is 6.54 Å². The molecule has 0 aliphatic carbocycles. The highest BCUT2D eigenvalue weighted by molar-refractivity contribution is 5.64. The van der Waals surface area contributed by atoms with E-state index < -0.39 is 6.09 Å². The number of hydrogen-bond acceptors (Lipinski definition) is 3. The third kappa shape index (κ3) is 3.63. The van der Waals surface area contributed by atoms with E-state index in [1.807, 2.05) is 0 Å². The van der Waals surface area contributed by atoms with Crippen LogP contribution in [0.5, 0.6) is 0 Å². The third-order valence-corrected chi connectivity index (χ3v) is 2.28. The Kier molecular flexibility index (Phi) is 4.02. The molecule has 0 bridgehead atoms. The van der Waals surface area contributed by atoms with E-state index in [9.17, 15) is 4.79 Å². The molecule has 0 aromatic rings. The molecule has 1 atom stereocenters. The van der Waals surface area contributed by atoms with Gasteiger partial charge in [-0.1, -0.05) is 6.92 Å². The van der Waals surface area contributed by atoms with Crippen LogP contribution in [0.1, 0.15) is 26.2 Å². The summed E-state index contributed by atoms with van der Waals surface area (Å²) in [5.74, 6) is 0. The van der Waals surface area contributed by atoms with E-state index in [0.717, 1.165) is 38.9 Å². The number of carbonyl (C=O) groups is 1.